The molecular formula is C13H22N2O. The summed E-state index contributed by atoms with van der Waals surface area (Å²) < 4.78 is 0. The molecule has 3 heteroatoms. The quantitative estimate of drug-likeness (QED) is 0.851. The third-order valence-electron chi connectivity index (χ3n) is 3.37. The van der Waals surface area contributed by atoms with E-state index in [4.69, 9.17) is 0 Å². The molecule has 0 amide bonds. The third-order valence-corrected chi connectivity index (χ3v) is 3.37. The Balaban J connectivity index is 3.00. The number of aliphatic hydroxyl groups is 1. The summed E-state index contributed by atoms with van der Waals surface area (Å²) in [5, 5.41) is 9.54. The summed E-state index contributed by atoms with van der Waals surface area (Å²) in [6, 6.07) is 3.79. The molecule has 1 aromatic heterocycles. The van der Waals surface area contributed by atoms with Gasteiger partial charge in [-0.15, -0.1) is 0 Å². The maximum Gasteiger partial charge on any atom is 0.129 e. The first-order valence-corrected chi connectivity index (χ1v) is 5.76. The molecule has 0 bridgehead atoms. The summed E-state index contributed by atoms with van der Waals surface area (Å²) in [5.41, 5.74) is 0.980. The molecule has 16 heavy (non-hydrogen) atoms. The minimum Gasteiger partial charge on any atom is -0.389 e. The second-order valence-corrected chi connectivity index (χ2v) is 4.85. The van der Waals surface area contributed by atoms with Crippen LogP contribution in [0.15, 0.2) is 18.3 Å². The molecule has 0 aliphatic carbocycles. The predicted octanol–water partition coefficient (Wildman–Crippen LogP) is 2.76. The van der Waals surface area contributed by atoms with Gasteiger partial charge in [0.25, 0.3) is 0 Å². The Kier molecular flexibility index (Phi) is 3.92. The van der Waals surface area contributed by atoms with Crippen LogP contribution in [0.4, 0.5) is 5.82 Å². The number of aliphatic hydroxyl groups excluding tert-OH is 1. The number of nitrogens with zero attached hydrogens (tertiary/aromatic N) is 2. The highest BCUT2D eigenvalue weighted by atomic mass is 16.3. The van der Waals surface area contributed by atoms with E-state index >= 15 is 0 Å². The monoisotopic (exact) mass is 222 g/mol. The van der Waals surface area contributed by atoms with E-state index in [-0.39, 0.29) is 5.54 Å². The maximum atomic E-state index is 9.54. The van der Waals surface area contributed by atoms with Crippen molar-refractivity contribution in [1.29, 1.82) is 0 Å². The Hall–Kier alpha value is -1.09. The lowest BCUT2D eigenvalue weighted by molar-refractivity contribution is 0.199. The highest BCUT2D eigenvalue weighted by Crippen LogP contribution is 2.24. The smallest absolute Gasteiger partial charge is 0.129 e. The Morgan fingerprint density at radius 3 is 2.62 bits per heavy atom. The zero-order chi connectivity index (χ0) is 12.3. The van der Waals surface area contributed by atoms with Gasteiger partial charge < -0.3 is 10.0 Å². The molecule has 0 spiro atoms. The van der Waals surface area contributed by atoms with E-state index in [1.807, 2.05) is 19.2 Å². The molecule has 1 aromatic rings. The van der Waals surface area contributed by atoms with E-state index in [0.29, 0.717) is 0 Å². The lowest BCUT2D eigenvalue weighted by atomic mass is 10.00. The first kappa shape index (κ1) is 13.0. The highest BCUT2D eigenvalue weighted by Gasteiger charge is 2.22. The Labute approximate surface area is 98.1 Å². The fraction of sp³-hybridized carbons (Fsp3) is 0.615. The van der Waals surface area contributed by atoms with E-state index in [1.165, 1.54) is 0 Å². The second kappa shape index (κ2) is 4.83. The van der Waals surface area contributed by atoms with Crippen LogP contribution in [0.1, 0.15) is 45.8 Å². The van der Waals surface area contributed by atoms with Crippen molar-refractivity contribution in [2.75, 3.05) is 11.9 Å². The molecular weight excluding hydrogens is 200 g/mol. The van der Waals surface area contributed by atoms with Crippen molar-refractivity contribution in [1.82, 2.24) is 4.98 Å². The fourth-order valence-corrected chi connectivity index (χ4v) is 1.42. The molecule has 3 nitrogen and oxygen atoms in total. The highest BCUT2D eigenvalue weighted by molar-refractivity contribution is 5.43. The number of rotatable bonds is 4. The number of pyridine rings is 1. The summed E-state index contributed by atoms with van der Waals surface area (Å²) in [4.78, 5) is 6.50. The molecule has 0 fully saturated rings. The number of hydrogen-bond acceptors (Lipinski definition) is 3. The molecule has 0 aliphatic heterocycles. The third kappa shape index (κ3) is 2.73. The second-order valence-electron chi connectivity index (χ2n) is 4.85. The van der Waals surface area contributed by atoms with Crippen LogP contribution < -0.4 is 4.90 Å². The normalized spacial score (nSPS) is 13.6. The first-order chi connectivity index (χ1) is 7.38. The molecule has 0 aliphatic rings. The lowest BCUT2D eigenvalue weighted by Gasteiger charge is -2.36. The van der Waals surface area contributed by atoms with E-state index in [9.17, 15) is 5.11 Å². The zero-order valence-corrected chi connectivity index (χ0v) is 10.9. The van der Waals surface area contributed by atoms with Crippen molar-refractivity contribution in [3.05, 3.63) is 23.9 Å². The van der Waals surface area contributed by atoms with Crippen molar-refractivity contribution in [3.8, 4) is 0 Å². The molecule has 1 N–H and O–H groups in total. The van der Waals surface area contributed by atoms with Gasteiger partial charge >= 0.3 is 0 Å². The minimum absolute atomic E-state index is 0.0737. The van der Waals surface area contributed by atoms with E-state index in [0.717, 1.165) is 17.8 Å². The Morgan fingerprint density at radius 1 is 1.50 bits per heavy atom. The number of aromatic nitrogens is 1. The zero-order valence-electron chi connectivity index (χ0n) is 10.9. The van der Waals surface area contributed by atoms with Crippen LogP contribution in [-0.4, -0.2) is 22.7 Å². The van der Waals surface area contributed by atoms with E-state index < -0.39 is 6.10 Å². The van der Waals surface area contributed by atoms with Crippen molar-refractivity contribution in [2.45, 2.75) is 45.8 Å². The summed E-state index contributed by atoms with van der Waals surface area (Å²) in [6.07, 6.45) is 2.35. The molecule has 1 heterocycles. The van der Waals surface area contributed by atoms with Gasteiger partial charge in [-0.3, -0.25) is 0 Å². The van der Waals surface area contributed by atoms with Gasteiger partial charge in [0.05, 0.1) is 6.10 Å². The van der Waals surface area contributed by atoms with Gasteiger partial charge in [-0.05, 0) is 44.9 Å². The average molecular weight is 222 g/mol. The van der Waals surface area contributed by atoms with Gasteiger partial charge in [0.15, 0.2) is 0 Å². The van der Waals surface area contributed by atoms with Gasteiger partial charge in [0.2, 0.25) is 0 Å². The molecule has 0 aromatic carbocycles. The van der Waals surface area contributed by atoms with Crippen LogP contribution >= 0.6 is 0 Å². The Bertz CT molecular complexity index is 348. The van der Waals surface area contributed by atoms with Crippen LogP contribution in [-0.2, 0) is 0 Å². The van der Waals surface area contributed by atoms with Crippen LogP contribution in [0.3, 0.4) is 0 Å². The summed E-state index contributed by atoms with van der Waals surface area (Å²) in [6.45, 7) is 8.30. The van der Waals surface area contributed by atoms with E-state index in [1.54, 1.807) is 13.1 Å². The van der Waals surface area contributed by atoms with Crippen molar-refractivity contribution in [3.63, 3.8) is 0 Å². The predicted molar refractivity (Wildman–Crippen MR) is 67.6 cm³/mol. The van der Waals surface area contributed by atoms with Crippen molar-refractivity contribution >= 4 is 5.82 Å². The molecule has 0 saturated carbocycles. The van der Waals surface area contributed by atoms with Crippen molar-refractivity contribution < 1.29 is 5.11 Å². The largest absolute Gasteiger partial charge is 0.389 e. The molecule has 1 rings (SSSR count). The van der Waals surface area contributed by atoms with Gasteiger partial charge in [0.1, 0.15) is 5.82 Å². The fourth-order valence-electron chi connectivity index (χ4n) is 1.42. The summed E-state index contributed by atoms with van der Waals surface area (Å²) in [5.74, 6) is 0.908. The summed E-state index contributed by atoms with van der Waals surface area (Å²) >= 11 is 0. The molecule has 0 saturated heterocycles. The minimum atomic E-state index is -0.445. The number of anilines is 1. The van der Waals surface area contributed by atoms with Crippen LogP contribution in [0.2, 0.25) is 0 Å². The topological polar surface area (TPSA) is 36.4 Å². The average Bonchev–Trinajstić information content (AvgIpc) is 2.28. The molecule has 0 unspecified atom stereocenters. The van der Waals surface area contributed by atoms with Crippen LogP contribution in [0, 0.1) is 0 Å². The Morgan fingerprint density at radius 2 is 2.12 bits per heavy atom. The standard InChI is InChI=1S/C13H22N2O/c1-6-13(3,4)15(5)12-9-11(10(2)16)7-8-14-12/h7-10,16H,6H2,1-5H3/t10-/m0/s1. The molecule has 90 valence electrons. The molecule has 1 atom stereocenters. The van der Waals surface area contributed by atoms with E-state index in [2.05, 4.69) is 30.7 Å². The van der Waals surface area contributed by atoms with Gasteiger partial charge in [-0.25, -0.2) is 4.98 Å². The first-order valence-electron chi connectivity index (χ1n) is 5.76. The summed E-state index contributed by atoms with van der Waals surface area (Å²) in [7, 11) is 2.04. The van der Waals surface area contributed by atoms with Crippen LogP contribution in [0.25, 0.3) is 0 Å². The number of hydrogen-bond donors (Lipinski definition) is 1. The molecule has 0 radical (unpaired) electrons. The van der Waals surface area contributed by atoms with Gasteiger partial charge in [-0.2, -0.15) is 0 Å². The lowest BCUT2D eigenvalue weighted by Crippen LogP contribution is -2.41. The van der Waals surface area contributed by atoms with Crippen molar-refractivity contribution in [2.24, 2.45) is 0 Å². The van der Waals surface area contributed by atoms with Crippen LogP contribution in [0.5, 0.6) is 0 Å². The van der Waals surface area contributed by atoms with Gasteiger partial charge in [0, 0.05) is 18.8 Å². The van der Waals surface area contributed by atoms with Gasteiger partial charge in [-0.1, -0.05) is 6.92 Å². The SMILES string of the molecule is CCC(C)(C)N(C)c1cc([C@H](C)O)ccn1. The maximum absolute atomic E-state index is 9.54.